The van der Waals surface area contributed by atoms with E-state index in [4.69, 9.17) is 11.6 Å². The lowest BCUT2D eigenvalue weighted by atomic mass is 10.1. The Hall–Kier alpha value is -3.25. The zero-order valence-electron chi connectivity index (χ0n) is 17.3. The Morgan fingerprint density at radius 1 is 1.07 bits per heavy atom. The summed E-state index contributed by atoms with van der Waals surface area (Å²) in [5, 5.41) is 8.20. The summed E-state index contributed by atoms with van der Waals surface area (Å²) in [5.74, 6) is 1.01. The molecule has 0 fully saturated rings. The van der Waals surface area contributed by atoms with Crippen LogP contribution in [0.2, 0.25) is 5.02 Å². The van der Waals surface area contributed by atoms with Crippen molar-refractivity contribution < 1.29 is 4.79 Å². The third-order valence-corrected chi connectivity index (χ3v) is 5.61. The maximum absolute atomic E-state index is 12.7. The number of rotatable bonds is 4. The SMILES string of the molecule is Cc1cccc(-c2nc3nc(C)c(CC(=O)Nc4cccc(Cl)c4C)c(C)n3n2)c1. The predicted octanol–water partition coefficient (Wildman–Crippen LogP) is 4.86. The molecule has 7 heteroatoms. The number of carbonyl (C=O) groups excluding carboxylic acids is 1. The van der Waals surface area contributed by atoms with Crippen molar-refractivity contribution in [1.82, 2.24) is 19.6 Å². The van der Waals surface area contributed by atoms with Gasteiger partial charge in [-0.2, -0.15) is 4.98 Å². The summed E-state index contributed by atoms with van der Waals surface area (Å²) in [6.07, 6.45) is 0.187. The van der Waals surface area contributed by atoms with Gasteiger partial charge in [-0.1, -0.05) is 41.4 Å². The Morgan fingerprint density at radius 3 is 2.60 bits per heavy atom. The number of hydrogen-bond acceptors (Lipinski definition) is 4. The van der Waals surface area contributed by atoms with E-state index in [0.29, 0.717) is 22.3 Å². The van der Waals surface area contributed by atoms with E-state index in [1.807, 2.05) is 64.1 Å². The average Bonchev–Trinajstić information content (AvgIpc) is 3.13. The number of anilines is 1. The van der Waals surface area contributed by atoms with E-state index in [2.05, 4.69) is 20.4 Å². The molecule has 6 nitrogen and oxygen atoms in total. The summed E-state index contributed by atoms with van der Waals surface area (Å²) in [7, 11) is 0. The molecule has 1 amide bonds. The monoisotopic (exact) mass is 419 g/mol. The normalized spacial score (nSPS) is 11.1. The van der Waals surface area contributed by atoms with E-state index in [1.165, 1.54) is 0 Å². The summed E-state index contributed by atoms with van der Waals surface area (Å²) < 4.78 is 1.71. The molecule has 30 heavy (non-hydrogen) atoms. The Balaban J connectivity index is 1.66. The van der Waals surface area contributed by atoms with Crippen molar-refractivity contribution >= 4 is 29.0 Å². The zero-order chi connectivity index (χ0) is 21.4. The van der Waals surface area contributed by atoms with Gasteiger partial charge >= 0.3 is 0 Å². The molecule has 4 aromatic rings. The van der Waals surface area contributed by atoms with Gasteiger partial charge < -0.3 is 5.32 Å². The van der Waals surface area contributed by atoms with Gasteiger partial charge in [0, 0.05) is 33.2 Å². The average molecular weight is 420 g/mol. The Labute approximate surface area is 179 Å². The van der Waals surface area contributed by atoms with Gasteiger partial charge in [-0.05, 0) is 51.5 Å². The highest BCUT2D eigenvalue weighted by Gasteiger charge is 2.17. The van der Waals surface area contributed by atoms with Gasteiger partial charge in [0.05, 0.1) is 6.42 Å². The summed E-state index contributed by atoms with van der Waals surface area (Å²) in [6, 6.07) is 13.5. The van der Waals surface area contributed by atoms with Crippen LogP contribution in [0.5, 0.6) is 0 Å². The topological polar surface area (TPSA) is 72.2 Å². The molecule has 0 aliphatic rings. The summed E-state index contributed by atoms with van der Waals surface area (Å²) in [4.78, 5) is 21.9. The second-order valence-corrected chi connectivity index (χ2v) is 7.82. The highest BCUT2D eigenvalue weighted by molar-refractivity contribution is 6.31. The molecule has 0 atom stereocenters. The van der Waals surface area contributed by atoms with Crippen molar-refractivity contribution in [3.63, 3.8) is 0 Å². The molecule has 0 bridgehead atoms. The van der Waals surface area contributed by atoms with Crippen molar-refractivity contribution in [2.75, 3.05) is 5.32 Å². The number of amides is 1. The molecular formula is C23H22ClN5O. The molecule has 0 saturated carbocycles. The highest BCUT2D eigenvalue weighted by Crippen LogP contribution is 2.24. The highest BCUT2D eigenvalue weighted by atomic mass is 35.5. The van der Waals surface area contributed by atoms with Gasteiger partial charge in [0.2, 0.25) is 5.91 Å². The molecule has 4 rings (SSSR count). The quantitative estimate of drug-likeness (QED) is 0.512. The number of benzene rings is 2. The van der Waals surface area contributed by atoms with Gasteiger partial charge in [0.15, 0.2) is 5.82 Å². The Morgan fingerprint density at radius 2 is 1.83 bits per heavy atom. The van der Waals surface area contributed by atoms with Crippen LogP contribution in [0, 0.1) is 27.7 Å². The van der Waals surface area contributed by atoms with Gasteiger partial charge in [-0.15, -0.1) is 5.10 Å². The minimum atomic E-state index is -0.133. The first-order chi connectivity index (χ1) is 14.3. The summed E-state index contributed by atoms with van der Waals surface area (Å²) >= 11 is 6.16. The first-order valence-electron chi connectivity index (χ1n) is 9.68. The standard InChI is InChI=1S/C23H22ClN5O/c1-13-7-5-8-17(11-13)22-27-23-25-15(3)18(16(4)29(23)28-22)12-21(30)26-20-10-6-9-19(24)14(20)2/h5-11H,12H2,1-4H3,(H,26,30). The van der Waals surface area contributed by atoms with Crippen molar-refractivity contribution in [1.29, 1.82) is 0 Å². The molecule has 0 aliphatic heterocycles. The fourth-order valence-electron chi connectivity index (χ4n) is 3.47. The van der Waals surface area contributed by atoms with E-state index in [0.717, 1.165) is 33.6 Å². The van der Waals surface area contributed by atoms with Crippen LogP contribution in [-0.2, 0) is 11.2 Å². The Bertz CT molecular complexity index is 1280. The number of carbonyl (C=O) groups is 1. The van der Waals surface area contributed by atoms with Gasteiger partial charge in [0.1, 0.15) is 0 Å². The van der Waals surface area contributed by atoms with Crippen molar-refractivity contribution in [2.24, 2.45) is 0 Å². The first kappa shape index (κ1) is 20.0. The number of halogens is 1. The van der Waals surface area contributed by atoms with E-state index < -0.39 is 0 Å². The lowest BCUT2D eigenvalue weighted by Crippen LogP contribution is -2.18. The van der Waals surface area contributed by atoms with Crippen molar-refractivity contribution in [2.45, 2.75) is 34.1 Å². The van der Waals surface area contributed by atoms with Crippen LogP contribution in [0.25, 0.3) is 17.2 Å². The minimum absolute atomic E-state index is 0.133. The summed E-state index contributed by atoms with van der Waals surface area (Å²) in [6.45, 7) is 7.74. The molecule has 0 saturated heterocycles. The van der Waals surface area contributed by atoms with Crippen molar-refractivity contribution in [3.05, 3.63) is 75.6 Å². The molecular weight excluding hydrogens is 398 g/mol. The third kappa shape index (κ3) is 3.78. The lowest BCUT2D eigenvalue weighted by Gasteiger charge is -2.12. The minimum Gasteiger partial charge on any atom is -0.326 e. The van der Waals surface area contributed by atoms with Crippen LogP contribution in [0.3, 0.4) is 0 Å². The van der Waals surface area contributed by atoms with E-state index >= 15 is 0 Å². The molecule has 2 heterocycles. The first-order valence-corrected chi connectivity index (χ1v) is 10.1. The van der Waals surface area contributed by atoms with E-state index in [9.17, 15) is 4.79 Å². The largest absolute Gasteiger partial charge is 0.326 e. The van der Waals surface area contributed by atoms with Gasteiger partial charge in [-0.25, -0.2) is 9.50 Å². The van der Waals surface area contributed by atoms with Gasteiger partial charge in [-0.3, -0.25) is 4.79 Å². The molecule has 0 spiro atoms. The fourth-order valence-corrected chi connectivity index (χ4v) is 3.64. The molecule has 2 aromatic heterocycles. The zero-order valence-corrected chi connectivity index (χ0v) is 18.1. The van der Waals surface area contributed by atoms with Crippen LogP contribution < -0.4 is 5.32 Å². The molecule has 152 valence electrons. The maximum Gasteiger partial charge on any atom is 0.253 e. The van der Waals surface area contributed by atoms with Crippen LogP contribution >= 0.6 is 11.6 Å². The lowest BCUT2D eigenvalue weighted by molar-refractivity contribution is -0.115. The molecule has 1 N–H and O–H groups in total. The fraction of sp³-hybridized carbons (Fsp3) is 0.217. The number of nitrogens with zero attached hydrogens (tertiary/aromatic N) is 4. The Kier molecular flexibility index (Phi) is 5.26. The van der Waals surface area contributed by atoms with Gasteiger partial charge in [0.25, 0.3) is 5.78 Å². The van der Waals surface area contributed by atoms with Crippen molar-refractivity contribution in [3.8, 4) is 11.4 Å². The van der Waals surface area contributed by atoms with Crippen LogP contribution in [0.15, 0.2) is 42.5 Å². The van der Waals surface area contributed by atoms with Crippen LogP contribution in [-0.4, -0.2) is 25.5 Å². The second kappa shape index (κ2) is 7.88. The van der Waals surface area contributed by atoms with Crippen LogP contribution in [0.1, 0.15) is 28.1 Å². The number of aromatic nitrogens is 4. The number of hydrogen-bond donors (Lipinski definition) is 1. The smallest absolute Gasteiger partial charge is 0.253 e. The molecule has 2 aromatic carbocycles. The number of fused-ring (bicyclic) bond motifs is 1. The second-order valence-electron chi connectivity index (χ2n) is 7.42. The predicted molar refractivity (Wildman–Crippen MR) is 119 cm³/mol. The third-order valence-electron chi connectivity index (χ3n) is 5.20. The molecule has 0 unspecified atom stereocenters. The maximum atomic E-state index is 12.7. The van der Waals surface area contributed by atoms with E-state index in [-0.39, 0.29) is 12.3 Å². The molecule has 0 radical (unpaired) electrons. The van der Waals surface area contributed by atoms with E-state index in [1.54, 1.807) is 10.6 Å². The molecule has 0 aliphatic carbocycles. The summed E-state index contributed by atoms with van der Waals surface area (Å²) in [5.41, 5.74) is 6.07. The van der Waals surface area contributed by atoms with Crippen LogP contribution in [0.4, 0.5) is 5.69 Å². The number of aryl methyl sites for hydroxylation is 3. The number of nitrogens with one attached hydrogen (secondary N) is 1.